The van der Waals surface area contributed by atoms with Gasteiger partial charge in [0.1, 0.15) is 11.5 Å². The monoisotopic (exact) mass is 393 g/mol. The van der Waals surface area contributed by atoms with Crippen molar-refractivity contribution in [2.75, 3.05) is 13.3 Å². The van der Waals surface area contributed by atoms with Crippen molar-refractivity contribution in [2.45, 2.75) is 38.8 Å². The Morgan fingerprint density at radius 3 is 2.90 bits per heavy atom. The van der Waals surface area contributed by atoms with Gasteiger partial charge >= 0.3 is 0 Å². The van der Waals surface area contributed by atoms with Gasteiger partial charge in [0.2, 0.25) is 12.6 Å². The molecule has 0 saturated carbocycles. The lowest BCUT2D eigenvalue weighted by Gasteiger charge is -2.33. The van der Waals surface area contributed by atoms with Crippen LogP contribution in [0, 0.1) is 0 Å². The van der Waals surface area contributed by atoms with Crippen molar-refractivity contribution < 1.29 is 24.1 Å². The lowest BCUT2D eigenvalue weighted by molar-refractivity contribution is 0.101. The number of carbonyl (C=O) groups is 1. The van der Waals surface area contributed by atoms with Gasteiger partial charge in [0.25, 0.3) is 0 Å². The van der Waals surface area contributed by atoms with Gasteiger partial charge in [-0.2, -0.15) is 0 Å². The van der Waals surface area contributed by atoms with Gasteiger partial charge in [-0.3, -0.25) is 9.69 Å². The first-order valence-electron chi connectivity index (χ1n) is 10.0. The topological polar surface area (TPSA) is 68.2 Å². The highest BCUT2D eigenvalue weighted by Gasteiger charge is 2.32. The molecule has 1 saturated heterocycles. The number of benzene rings is 2. The molecule has 29 heavy (non-hydrogen) atoms. The Bertz CT molecular complexity index is 1010. The molecule has 0 spiro atoms. The van der Waals surface area contributed by atoms with Crippen LogP contribution < -0.4 is 14.2 Å². The number of likely N-dealkylation sites (tertiary alicyclic amines) is 1. The highest BCUT2D eigenvalue weighted by molar-refractivity contribution is 6.15. The maximum absolute atomic E-state index is 12.9. The predicted molar refractivity (Wildman–Crippen MR) is 107 cm³/mol. The van der Waals surface area contributed by atoms with E-state index in [1.54, 1.807) is 18.2 Å². The molecule has 0 aromatic heterocycles. The summed E-state index contributed by atoms with van der Waals surface area (Å²) in [4.78, 5) is 15.2. The second-order valence-electron chi connectivity index (χ2n) is 7.81. The summed E-state index contributed by atoms with van der Waals surface area (Å²) in [5.41, 5.74) is 1.97. The zero-order valence-electron chi connectivity index (χ0n) is 16.3. The first kappa shape index (κ1) is 18.1. The molecule has 5 rings (SSSR count). The van der Waals surface area contributed by atoms with E-state index >= 15 is 0 Å². The van der Waals surface area contributed by atoms with Crippen LogP contribution >= 0.6 is 0 Å². The van der Waals surface area contributed by atoms with E-state index in [9.17, 15) is 9.90 Å². The van der Waals surface area contributed by atoms with E-state index in [-0.39, 0.29) is 24.1 Å². The van der Waals surface area contributed by atoms with E-state index in [1.807, 2.05) is 18.2 Å². The van der Waals surface area contributed by atoms with Crippen LogP contribution in [-0.4, -0.2) is 35.2 Å². The third-order valence-corrected chi connectivity index (χ3v) is 5.91. The molecule has 1 fully saturated rings. The lowest BCUT2D eigenvalue weighted by atomic mass is 10.0. The Morgan fingerprint density at radius 2 is 2.03 bits per heavy atom. The number of nitrogens with zero attached hydrogens (tertiary/aromatic N) is 1. The number of allylic oxidation sites excluding steroid dienone is 1. The molecule has 1 atom stereocenters. The summed E-state index contributed by atoms with van der Waals surface area (Å²) in [5, 5.41) is 10.5. The van der Waals surface area contributed by atoms with Gasteiger partial charge in [-0.1, -0.05) is 12.5 Å². The van der Waals surface area contributed by atoms with Gasteiger partial charge in [0.15, 0.2) is 17.3 Å². The molecule has 1 N–H and O–H groups in total. The van der Waals surface area contributed by atoms with Gasteiger partial charge in [0, 0.05) is 12.6 Å². The van der Waals surface area contributed by atoms with Crippen LogP contribution in [0.25, 0.3) is 6.08 Å². The van der Waals surface area contributed by atoms with E-state index in [0.717, 1.165) is 24.9 Å². The molecule has 6 nitrogen and oxygen atoms in total. The normalized spacial score (nSPS) is 22.0. The summed E-state index contributed by atoms with van der Waals surface area (Å²) in [7, 11) is 0. The minimum absolute atomic E-state index is 0.165. The standard InChI is InChI=1S/C23H23NO5/c1-14-4-2-3-9-24(14)12-17-18(25)7-6-16-22(26)21(29-23(16)17)11-15-5-8-19-20(10-15)28-13-27-19/h5-8,10-11,14,25H,2-4,9,12-13H2,1H3/b21-11-/t14-/m0/s1. The highest BCUT2D eigenvalue weighted by Crippen LogP contribution is 2.41. The van der Waals surface area contributed by atoms with Crippen LogP contribution in [0.5, 0.6) is 23.0 Å². The zero-order chi connectivity index (χ0) is 20.0. The summed E-state index contributed by atoms with van der Waals surface area (Å²) in [5.74, 6) is 2.05. The maximum atomic E-state index is 12.9. The Morgan fingerprint density at radius 1 is 1.17 bits per heavy atom. The maximum Gasteiger partial charge on any atom is 0.231 e. The first-order chi connectivity index (χ1) is 14.1. The number of phenols is 1. The Hall–Kier alpha value is -2.99. The Balaban J connectivity index is 1.45. The number of rotatable bonds is 3. The number of piperidine rings is 1. The molecule has 3 aliphatic heterocycles. The number of Topliss-reactive ketones (excluding diaryl/α,β-unsaturated/α-hetero) is 1. The number of phenolic OH excluding ortho intramolecular Hbond substituents is 1. The molecule has 2 aromatic rings. The molecule has 3 heterocycles. The SMILES string of the molecule is C[C@H]1CCCCN1Cc1c(O)ccc2c1O/C(=C\c1ccc3c(c1)OCO3)C2=O. The lowest BCUT2D eigenvalue weighted by Crippen LogP contribution is -2.36. The second-order valence-corrected chi connectivity index (χ2v) is 7.81. The van der Waals surface area contributed by atoms with E-state index in [2.05, 4.69) is 11.8 Å². The molecule has 0 radical (unpaired) electrons. The molecular weight excluding hydrogens is 370 g/mol. The van der Waals surface area contributed by atoms with Crippen molar-refractivity contribution in [1.82, 2.24) is 4.90 Å². The van der Waals surface area contributed by atoms with Gasteiger partial charge in [-0.05, 0) is 62.2 Å². The molecule has 3 aliphatic rings. The molecular formula is C23H23NO5. The summed E-state index contributed by atoms with van der Waals surface area (Å²) in [6.45, 7) is 3.96. The van der Waals surface area contributed by atoms with Crippen LogP contribution in [0.2, 0.25) is 0 Å². The van der Waals surface area contributed by atoms with Gasteiger partial charge in [-0.15, -0.1) is 0 Å². The van der Waals surface area contributed by atoms with Crippen molar-refractivity contribution in [1.29, 1.82) is 0 Å². The molecule has 0 aliphatic carbocycles. The fourth-order valence-electron chi connectivity index (χ4n) is 4.20. The summed E-state index contributed by atoms with van der Waals surface area (Å²) >= 11 is 0. The van der Waals surface area contributed by atoms with Crippen LogP contribution in [0.1, 0.15) is 47.7 Å². The van der Waals surface area contributed by atoms with Crippen molar-refractivity contribution in [3.05, 3.63) is 52.8 Å². The third kappa shape index (κ3) is 3.23. The van der Waals surface area contributed by atoms with Crippen molar-refractivity contribution in [3.63, 3.8) is 0 Å². The summed E-state index contributed by atoms with van der Waals surface area (Å²) in [6, 6.07) is 9.16. The number of hydrogen-bond acceptors (Lipinski definition) is 6. The van der Waals surface area contributed by atoms with Crippen LogP contribution in [0.15, 0.2) is 36.1 Å². The van der Waals surface area contributed by atoms with Crippen LogP contribution in [0.4, 0.5) is 0 Å². The van der Waals surface area contributed by atoms with Crippen molar-refractivity contribution in [3.8, 4) is 23.0 Å². The number of aromatic hydroxyl groups is 1. The number of fused-ring (bicyclic) bond motifs is 2. The van der Waals surface area contributed by atoms with Gasteiger partial charge in [-0.25, -0.2) is 0 Å². The Kier molecular flexibility index (Phi) is 4.43. The van der Waals surface area contributed by atoms with Crippen molar-refractivity contribution >= 4 is 11.9 Å². The second kappa shape index (κ2) is 7.12. The van der Waals surface area contributed by atoms with E-state index < -0.39 is 0 Å². The molecule has 0 amide bonds. The summed E-state index contributed by atoms with van der Waals surface area (Å²) in [6.07, 6.45) is 5.22. The highest BCUT2D eigenvalue weighted by atomic mass is 16.7. The fraction of sp³-hybridized carbons (Fsp3) is 0.348. The predicted octanol–water partition coefficient (Wildman–Crippen LogP) is 4.11. The average molecular weight is 393 g/mol. The van der Waals surface area contributed by atoms with E-state index in [1.165, 1.54) is 6.42 Å². The molecule has 150 valence electrons. The van der Waals surface area contributed by atoms with Crippen LogP contribution in [-0.2, 0) is 6.54 Å². The summed E-state index contributed by atoms with van der Waals surface area (Å²) < 4.78 is 16.7. The first-order valence-corrected chi connectivity index (χ1v) is 10.0. The smallest absolute Gasteiger partial charge is 0.231 e. The van der Waals surface area contributed by atoms with Crippen molar-refractivity contribution in [2.24, 2.45) is 0 Å². The number of ether oxygens (including phenoxy) is 3. The molecule has 6 heteroatoms. The minimum Gasteiger partial charge on any atom is -0.507 e. The Labute approximate surface area is 169 Å². The van der Waals surface area contributed by atoms with Gasteiger partial charge < -0.3 is 19.3 Å². The largest absolute Gasteiger partial charge is 0.507 e. The minimum atomic E-state index is -0.175. The van der Waals surface area contributed by atoms with Crippen LogP contribution in [0.3, 0.4) is 0 Å². The molecule has 0 bridgehead atoms. The number of ketones is 1. The quantitative estimate of drug-likeness (QED) is 0.792. The molecule has 2 aromatic carbocycles. The zero-order valence-corrected chi connectivity index (χ0v) is 16.3. The number of carbonyl (C=O) groups excluding carboxylic acids is 1. The average Bonchev–Trinajstić information content (AvgIpc) is 3.30. The van der Waals surface area contributed by atoms with E-state index in [4.69, 9.17) is 14.2 Å². The number of hydrogen-bond donors (Lipinski definition) is 1. The van der Waals surface area contributed by atoms with E-state index in [0.29, 0.717) is 41.0 Å². The third-order valence-electron chi connectivity index (χ3n) is 5.91. The molecule has 0 unspecified atom stereocenters. The fourth-order valence-corrected chi connectivity index (χ4v) is 4.20. The van der Waals surface area contributed by atoms with Gasteiger partial charge in [0.05, 0.1) is 11.1 Å².